The van der Waals surface area contributed by atoms with Crippen LogP contribution in [0.2, 0.25) is 5.28 Å². The Morgan fingerprint density at radius 2 is 2.00 bits per heavy atom. The van der Waals surface area contributed by atoms with Gasteiger partial charge in [0.1, 0.15) is 5.03 Å². The first-order chi connectivity index (χ1) is 9.04. The topological polar surface area (TPSA) is 54.9 Å². The molecule has 1 amide bonds. The molecule has 0 aliphatic rings. The van der Waals surface area contributed by atoms with Gasteiger partial charge in [-0.2, -0.15) is 0 Å². The molecule has 2 rings (SSSR count). The van der Waals surface area contributed by atoms with Gasteiger partial charge >= 0.3 is 0 Å². The van der Waals surface area contributed by atoms with Gasteiger partial charge in [-0.3, -0.25) is 4.79 Å². The van der Waals surface area contributed by atoms with Gasteiger partial charge in [0.15, 0.2) is 0 Å². The lowest BCUT2D eigenvalue weighted by molar-refractivity contribution is -0.114. The summed E-state index contributed by atoms with van der Waals surface area (Å²) >= 11 is 7.29. The number of aryl methyl sites for hydroxylation is 1. The molecule has 0 unspecified atom stereocenters. The summed E-state index contributed by atoms with van der Waals surface area (Å²) in [4.78, 5) is 20.1. The van der Waals surface area contributed by atoms with Gasteiger partial charge in [-0.05, 0) is 42.8 Å². The number of hydrogen-bond donors (Lipinski definition) is 1. The van der Waals surface area contributed by atoms with Crippen LogP contribution in [0.15, 0.2) is 40.4 Å². The molecule has 0 aliphatic carbocycles. The van der Waals surface area contributed by atoms with Crippen LogP contribution < -0.4 is 5.32 Å². The number of aromatic nitrogens is 2. The Labute approximate surface area is 120 Å². The van der Waals surface area contributed by atoms with Crippen LogP contribution >= 0.6 is 23.4 Å². The van der Waals surface area contributed by atoms with Crippen LogP contribution in [-0.2, 0) is 4.79 Å². The number of nitrogens with one attached hydrogen (secondary N) is 1. The van der Waals surface area contributed by atoms with Crippen LogP contribution in [0.3, 0.4) is 0 Å². The number of benzene rings is 1. The van der Waals surface area contributed by atoms with Gasteiger partial charge in [-0.25, -0.2) is 9.97 Å². The van der Waals surface area contributed by atoms with Crippen LogP contribution in [0.5, 0.6) is 0 Å². The SMILES string of the molecule is CC(=O)Nc1ccc(Sc2nc(Cl)ncc2C)cc1. The van der Waals surface area contributed by atoms with Crippen LogP contribution in [0.25, 0.3) is 0 Å². The minimum atomic E-state index is -0.0844. The van der Waals surface area contributed by atoms with Gasteiger partial charge in [0.2, 0.25) is 11.2 Å². The first-order valence-corrected chi connectivity index (χ1v) is 6.78. The van der Waals surface area contributed by atoms with Gasteiger partial charge < -0.3 is 5.32 Å². The molecule has 0 atom stereocenters. The van der Waals surface area contributed by atoms with Crippen molar-refractivity contribution in [2.45, 2.75) is 23.8 Å². The summed E-state index contributed by atoms with van der Waals surface area (Å²) in [5.74, 6) is -0.0844. The van der Waals surface area contributed by atoms with Gasteiger partial charge in [-0.1, -0.05) is 11.8 Å². The zero-order chi connectivity index (χ0) is 13.8. The van der Waals surface area contributed by atoms with E-state index in [4.69, 9.17) is 11.6 Å². The second kappa shape index (κ2) is 6.04. The average molecular weight is 294 g/mol. The van der Waals surface area contributed by atoms with Crippen molar-refractivity contribution >= 4 is 35.0 Å². The molecule has 0 fully saturated rings. The standard InChI is InChI=1S/C13H12ClN3OS/c1-8-7-15-13(14)17-12(8)19-11-5-3-10(4-6-11)16-9(2)18/h3-7H,1-2H3,(H,16,18). The van der Waals surface area contributed by atoms with Crippen molar-refractivity contribution in [3.05, 3.63) is 41.3 Å². The van der Waals surface area contributed by atoms with E-state index in [0.29, 0.717) is 0 Å². The zero-order valence-electron chi connectivity index (χ0n) is 10.5. The maximum Gasteiger partial charge on any atom is 0.223 e. The molecule has 1 N–H and O–H groups in total. The van der Waals surface area contributed by atoms with Gasteiger partial charge in [-0.15, -0.1) is 0 Å². The highest BCUT2D eigenvalue weighted by Gasteiger charge is 2.05. The molecule has 2 aromatic rings. The molecule has 0 bridgehead atoms. The summed E-state index contributed by atoms with van der Waals surface area (Å²) in [5, 5.41) is 3.79. The molecule has 0 aliphatic heterocycles. The molecule has 98 valence electrons. The summed E-state index contributed by atoms with van der Waals surface area (Å²) in [7, 11) is 0. The van der Waals surface area contributed by atoms with Crippen LogP contribution in [-0.4, -0.2) is 15.9 Å². The molecule has 1 heterocycles. The highest BCUT2D eigenvalue weighted by molar-refractivity contribution is 7.99. The third-order valence-corrected chi connectivity index (χ3v) is 3.58. The van der Waals surface area contributed by atoms with Gasteiger partial charge in [0.05, 0.1) is 0 Å². The van der Waals surface area contributed by atoms with Crippen molar-refractivity contribution in [2.75, 3.05) is 5.32 Å². The number of carbonyl (C=O) groups excluding carboxylic acids is 1. The Morgan fingerprint density at radius 1 is 1.32 bits per heavy atom. The summed E-state index contributed by atoms with van der Waals surface area (Å²) in [5.41, 5.74) is 1.75. The fraction of sp³-hybridized carbons (Fsp3) is 0.154. The van der Waals surface area contributed by atoms with Crippen molar-refractivity contribution < 1.29 is 4.79 Å². The second-order valence-electron chi connectivity index (χ2n) is 3.93. The molecular formula is C13H12ClN3OS. The third kappa shape index (κ3) is 3.94. The van der Waals surface area contributed by atoms with E-state index in [2.05, 4.69) is 15.3 Å². The number of carbonyl (C=O) groups is 1. The van der Waals surface area contributed by atoms with E-state index in [1.807, 2.05) is 31.2 Å². The number of nitrogens with zero attached hydrogens (tertiary/aromatic N) is 2. The van der Waals surface area contributed by atoms with Crippen molar-refractivity contribution in [1.29, 1.82) is 0 Å². The minimum absolute atomic E-state index is 0.0844. The van der Waals surface area contributed by atoms with E-state index in [-0.39, 0.29) is 11.2 Å². The van der Waals surface area contributed by atoms with E-state index < -0.39 is 0 Å². The smallest absolute Gasteiger partial charge is 0.223 e. The molecule has 1 aromatic carbocycles. The number of anilines is 1. The normalized spacial score (nSPS) is 10.3. The Bertz CT molecular complexity index is 601. The largest absolute Gasteiger partial charge is 0.326 e. The quantitative estimate of drug-likeness (QED) is 0.694. The first-order valence-electron chi connectivity index (χ1n) is 5.59. The lowest BCUT2D eigenvalue weighted by Crippen LogP contribution is -2.05. The highest BCUT2D eigenvalue weighted by Crippen LogP contribution is 2.29. The molecule has 0 saturated carbocycles. The summed E-state index contributed by atoms with van der Waals surface area (Å²) in [6, 6.07) is 7.54. The predicted molar refractivity (Wildman–Crippen MR) is 76.6 cm³/mol. The van der Waals surface area contributed by atoms with E-state index in [1.54, 1.807) is 6.20 Å². The van der Waals surface area contributed by atoms with E-state index in [0.717, 1.165) is 21.2 Å². The zero-order valence-corrected chi connectivity index (χ0v) is 12.0. The lowest BCUT2D eigenvalue weighted by atomic mass is 10.3. The molecule has 0 spiro atoms. The fourth-order valence-electron chi connectivity index (χ4n) is 1.43. The van der Waals surface area contributed by atoms with E-state index >= 15 is 0 Å². The minimum Gasteiger partial charge on any atom is -0.326 e. The summed E-state index contributed by atoms with van der Waals surface area (Å²) in [6.45, 7) is 3.42. The first kappa shape index (κ1) is 13.8. The van der Waals surface area contributed by atoms with Crippen LogP contribution in [0, 0.1) is 6.92 Å². The molecule has 0 radical (unpaired) electrons. The number of rotatable bonds is 3. The summed E-state index contributed by atoms with van der Waals surface area (Å²) in [6.07, 6.45) is 1.70. The molecule has 0 saturated heterocycles. The monoisotopic (exact) mass is 293 g/mol. The molecular weight excluding hydrogens is 282 g/mol. The lowest BCUT2D eigenvalue weighted by Gasteiger charge is -2.06. The molecule has 19 heavy (non-hydrogen) atoms. The van der Waals surface area contributed by atoms with Crippen LogP contribution in [0.1, 0.15) is 12.5 Å². The van der Waals surface area contributed by atoms with Crippen molar-refractivity contribution in [3.63, 3.8) is 0 Å². The van der Waals surface area contributed by atoms with Crippen LogP contribution in [0.4, 0.5) is 5.69 Å². The fourth-order valence-corrected chi connectivity index (χ4v) is 2.46. The molecule has 4 nitrogen and oxygen atoms in total. The molecule has 1 aromatic heterocycles. The third-order valence-electron chi connectivity index (χ3n) is 2.29. The summed E-state index contributed by atoms with van der Waals surface area (Å²) < 4.78 is 0. The highest BCUT2D eigenvalue weighted by atomic mass is 35.5. The Hall–Kier alpha value is -1.59. The Kier molecular flexibility index (Phi) is 4.39. The van der Waals surface area contributed by atoms with E-state index in [1.165, 1.54) is 18.7 Å². The van der Waals surface area contributed by atoms with E-state index in [9.17, 15) is 4.79 Å². The maximum absolute atomic E-state index is 10.9. The number of amides is 1. The van der Waals surface area contributed by atoms with Gasteiger partial charge in [0, 0.05) is 29.3 Å². The van der Waals surface area contributed by atoms with Crippen molar-refractivity contribution in [1.82, 2.24) is 9.97 Å². The van der Waals surface area contributed by atoms with Crippen molar-refractivity contribution in [3.8, 4) is 0 Å². The Balaban J connectivity index is 2.15. The van der Waals surface area contributed by atoms with Crippen molar-refractivity contribution in [2.24, 2.45) is 0 Å². The second-order valence-corrected chi connectivity index (χ2v) is 5.34. The van der Waals surface area contributed by atoms with Gasteiger partial charge in [0.25, 0.3) is 0 Å². The maximum atomic E-state index is 10.9. The molecule has 6 heteroatoms. The average Bonchev–Trinajstić information content (AvgIpc) is 2.35. The number of hydrogen-bond acceptors (Lipinski definition) is 4. The predicted octanol–water partition coefficient (Wildman–Crippen LogP) is 3.55. The number of halogens is 1. The Morgan fingerprint density at radius 3 is 2.63 bits per heavy atom.